The summed E-state index contributed by atoms with van der Waals surface area (Å²) >= 11 is 2.03. The molecular weight excluding hydrogens is 180 g/mol. The van der Waals surface area contributed by atoms with Crippen molar-refractivity contribution < 1.29 is 4.79 Å². The molecule has 13 heavy (non-hydrogen) atoms. The molecule has 0 aromatic carbocycles. The van der Waals surface area contributed by atoms with Gasteiger partial charge in [0.1, 0.15) is 5.78 Å². The summed E-state index contributed by atoms with van der Waals surface area (Å²) in [6.45, 7) is 3.91. The Morgan fingerprint density at radius 2 is 1.69 bits per heavy atom. The zero-order valence-corrected chi connectivity index (χ0v) is 9.79. The maximum absolute atomic E-state index is 10.6. The summed E-state index contributed by atoms with van der Waals surface area (Å²) in [5.74, 6) is 2.86. The fourth-order valence-electron chi connectivity index (χ4n) is 1.13. The summed E-state index contributed by atoms with van der Waals surface area (Å²) in [4.78, 5) is 10.6. The lowest BCUT2D eigenvalue weighted by molar-refractivity contribution is -0.117. The first-order chi connectivity index (χ1) is 6.27. The van der Waals surface area contributed by atoms with Crippen LogP contribution in [-0.4, -0.2) is 17.3 Å². The van der Waals surface area contributed by atoms with E-state index in [0.29, 0.717) is 5.78 Å². The number of unbranched alkanes of at least 4 members (excludes halogenated alkanes) is 3. The van der Waals surface area contributed by atoms with Crippen LogP contribution in [0.3, 0.4) is 0 Å². The van der Waals surface area contributed by atoms with Crippen LogP contribution in [0.2, 0.25) is 0 Å². The standard InChI is InChI=1S/C11H22OS/c1-3-4-6-9-13-10-7-5-8-11(2)12/h3-10H2,1-2H3. The van der Waals surface area contributed by atoms with Crippen molar-refractivity contribution in [3.8, 4) is 0 Å². The number of hydrogen-bond donors (Lipinski definition) is 0. The fraction of sp³-hybridized carbons (Fsp3) is 0.909. The highest BCUT2D eigenvalue weighted by molar-refractivity contribution is 7.99. The molecule has 0 saturated heterocycles. The van der Waals surface area contributed by atoms with Crippen molar-refractivity contribution in [2.75, 3.05) is 11.5 Å². The minimum Gasteiger partial charge on any atom is -0.300 e. The zero-order chi connectivity index (χ0) is 9.94. The first kappa shape index (κ1) is 13.0. The van der Waals surface area contributed by atoms with Gasteiger partial charge in [0.2, 0.25) is 0 Å². The molecule has 0 atom stereocenters. The lowest BCUT2D eigenvalue weighted by atomic mass is 10.2. The Morgan fingerprint density at radius 1 is 1.08 bits per heavy atom. The van der Waals surface area contributed by atoms with Crippen LogP contribution in [0.1, 0.15) is 52.4 Å². The van der Waals surface area contributed by atoms with E-state index in [4.69, 9.17) is 0 Å². The van der Waals surface area contributed by atoms with Gasteiger partial charge in [-0.25, -0.2) is 0 Å². The van der Waals surface area contributed by atoms with Gasteiger partial charge in [0.15, 0.2) is 0 Å². The number of hydrogen-bond acceptors (Lipinski definition) is 2. The molecule has 0 radical (unpaired) electrons. The third kappa shape index (κ3) is 12.0. The molecule has 0 spiro atoms. The van der Waals surface area contributed by atoms with Crippen molar-refractivity contribution in [2.24, 2.45) is 0 Å². The lowest BCUT2D eigenvalue weighted by Gasteiger charge is -2.00. The van der Waals surface area contributed by atoms with Gasteiger partial charge in [0.25, 0.3) is 0 Å². The van der Waals surface area contributed by atoms with E-state index in [1.54, 1.807) is 6.92 Å². The highest BCUT2D eigenvalue weighted by atomic mass is 32.2. The SMILES string of the molecule is CCCCCSCCCCC(C)=O. The molecule has 0 heterocycles. The molecule has 1 nitrogen and oxygen atoms in total. The van der Waals surface area contributed by atoms with Crippen molar-refractivity contribution in [1.29, 1.82) is 0 Å². The van der Waals surface area contributed by atoms with Crippen molar-refractivity contribution in [3.63, 3.8) is 0 Å². The Hall–Kier alpha value is 0.0200. The van der Waals surface area contributed by atoms with E-state index in [0.717, 1.165) is 12.8 Å². The largest absolute Gasteiger partial charge is 0.300 e. The molecule has 0 N–H and O–H groups in total. The Kier molecular flexibility index (Phi) is 10.1. The summed E-state index contributed by atoms with van der Waals surface area (Å²) in [6.07, 6.45) is 7.08. The zero-order valence-electron chi connectivity index (χ0n) is 8.97. The van der Waals surface area contributed by atoms with Crippen molar-refractivity contribution in [2.45, 2.75) is 52.4 Å². The molecule has 0 aliphatic heterocycles. The molecule has 0 aliphatic rings. The number of carbonyl (C=O) groups excluding carboxylic acids is 1. The smallest absolute Gasteiger partial charge is 0.129 e. The molecule has 0 aromatic heterocycles. The molecule has 0 fully saturated rings. The van der Waals surface area contributed by atoms with Gasteiger partial charge in [-0.15, -0.1) is 0 Å². The Labute approximate surface area is 86.7 Å². The molecular formula is C11H22OS. The number of thioether (sulfide) groups is 1. The highest BCUT2D eigenvalue weighted by Crippen LogP contribution is 2.09. The van der Waals surface area contributed by atoms with Crippen LogP contribution in [0, 0.1) is 0 Å². The van der Waals surface area contributed by atoms with Gasteiger partial charge in [0, 0.05) is 6.42 Å². The Bertz CT molecular complexity index is 123. The second kappa shape index (κ2) is 10.1. The van der Waals surface area contributed by atoms with Gasteiger partial charge in [0.05, 0.1) is 0 Å². The average Bonchev–Trinajstić information content (AvgIpc) is 2.09. The van der Waals surface area contributed by atoms with E-state index in [1.807, 2.05) is 11.8 Å². The van der Waals surface area contributed by atoms with E-state index >= 15 is 0 Å². The quantitative estimate of drug-likeness (QED) is 0.531. The predicted octanol–water partition coefficient (Wildman–Crippen LogP) is 3.67. The van der Waals surface area contributed by atoms with Crippen molar-refractivity contribution >= 4 is 17.5 Å². The first-order valence-electron chi connectivity index (χ1n) is 5.34. The Morgan fingerprint density at radius 3 is 2.23 bits per heavy atom. The van der Waals surface area contributed by atoms with Crippen LogP contribution in [0.4, 0.5) is 0 Å². The number of rotatable bonds is 9. The van der Waals surface area contributed by atoms with E-state index in [2.05, 4.69) is 6.92 Å². The summed E-state index contributed by atoms with van der Waals surface area (Å²) < 4.78 is 0. The molecule has 78 valence electrons. The van der Waals surface area contributed by atoms with Gasteiger partial charge >= 0.3 is 0 Å². The molecule has 0 amide bonds. The van der Waals surface area contributed by atoms with E-state index in [-0.39, 0.29) is 0 Å². The third-order valence-corrected chi connectivity index (χ3v) is 3.11. The maximum Gasteiger partial charge on any atom is 0.129 e. The van der Waals surface area contributed by atoms with Crippen molar-refractivity contribution in [3.05, 3.63) is 0 Å². The summed E-state index contributed by atoms with van der Waals surface area (Å²) in [6, 6.07) is 0. The number of carbonyl (C=O) groups is 1. The summed E-state index contributed by atoms with van der Waals surface area (Å²) in [7, 11) is 0. The summed E-state index contributed by atoms with van der Waals surface area (Å²) in [5, 5.41) is 0. The predicted molar refractivity (Wildman–Crippen MR) is 61.4 cm³/mol. The number of Topliss-reactive ketones (excluding diaryl/α,β-unsaturated/α-hetero) is 1. The van der Waals surface area contributed by atoms with Crippen molar-refractivity contribution in [1.82, 2.24) is 0 Å². The number of ketones is 1. The minimum atomic E-state index is 0.330. The van der Waals surface area contributed by atoms with Crippen LogP contribution in [0.25, 0.3) is 0 Å². The van der Waals surface area contributed by atoms with Gasteiger partial charge in [-0.2, -0.15) is 11.8 Å². The average molecular weight is 202 g/mol. The fourth-order valence-corrected chi connectivity index (χ4v) is 2.15. The van der Waals surface area contributed by atoms with E-state index in [9.17, 15) is 4.79 Å². The summed E-state index contributed by atoms with van der Waals surface area (Å²) in [5.41, 5.74) is 0. The molecule has 0 aliphatic carbocycles. The van der Waals surface area contributed by atoms with Crippen LogP contribution < -0.4 is 0 Å². The minimum absolute atomic E-state index is 0.330. The molecule has 0 unspecified atom stereocenters. The van der Waals surface area contributed by atoms with Gasteiger partial charge < -0.3 is 4.79 Å². The third-order valence-electron chi connectivity index (χ3n) is 1.96. The van der Waals surface area contributed by atoms with E-state index in [1.165, 1.54) is 37.2 Å². The lowest BCUT2D eigenvalue weighted by Crippen LogP contribution is -1.91. The monoisotopic (exact) mass is 202 g/mol. The van der Waals surface area contributed by atoms with Gasteiger partial charge in [-0.3, -0.25) is 0 Å². The molecule has 0 saturated carbocycles. The van der Waals surface area contributed by atoms with Crippen LogP contribution in [-0.2, 0) is 4.79 Å². The molecule has 0 aromatic rings. The topological polar surface area (TPSA) is 17.1 Å². The van der Waals surface area contributed by atoms with Crippen LogP contribution in [0.15, 0.2) is 0 Å². The maximum atomic E-state index is 10.6. The van der Waals surface area contributed by atoms with Gasteiger partial charge in [-0.1, -0.05) is 19.8 Å². The highest BCUT2D eigenvalue weighted by Gasteiger charge is 1.94. The van der Waals surface area contributed by atoms with E-state index < -0.39 is 0 Å². The molecule has 0 bridgehead atoms. The second-order valence-corrected chi connectivity index (χ2v) is 4.70. The van der Waals surface area contributed by atoms with Crippen LogP contribution in [0.5, 0.6) is 0 Å². The van der Waals surface area contributed by atoms with Crippen LogP contribution >= 0.6 is 11.8 Å². The molecule has 2 heteroatoms. The molecule has 0 rings (SSSR count). The normalized spacial score (nSPS) is 10.3. The first-order valence-corrected chi connectivity index (χ1v) is 6.50. The Balaban J connectivity index is 2.87. The second-order valence-electron chi connectivity index (χ2n) is 3.48. The van der Waals surface area contributed by atoms with Gasteiger partial charge in [-0.05, 0) is 37.7 Å².